The molecule has 0 radical (unpaired) electrons. The van der Waals surface area contributed by atoms with E-state index in [1.165, 1.54) is 18.4 Å². The molecule has 4 aliphatic carbocycles. The molecule has 0 aliphatic heterocycles. The van der Waals surface area contributed by atoms with Crippen LogP contribution >= 0.6 is 0 Å². The maximum atomic E-state index is 12.4. The molecule has 0 heterocycles. The monoisotopic (exact) mass is 298 g/mol. The van der Waals surface area contributed by atoms with Crippen molar-refractivity contribution in [1.29, 1.82) is 0 Å². The van der Waals surface area contributed by atoms with E-state index in [1.807, 2.05) is 12.1 Å². The lowest BCUT2D eigenvalue weighted by Crippen LogP contribution is -2.40. The van der Waals surface area contributed by atoms with Crippen LogP contribution in [0.4, 0.5) is 0 Å². The van der Waals surface area contributed by atoms with E-state index in [9.17, 15) is 4.79 Å². The second-order valence-electron chi connectivity index (χ2n) is 7.78. The van der Waals surface area contributed by atoms with E-state index in [0.717, 1.165) is 37.5 Å². The fourth-order valence-electron chi connectivity index (χ4n) is 5.24. The normalized spacial score (nSPS) is 34.8. The van der Waals surface area contributed by atoms with Gasteiger partial charge in [-0.25, -0.2) is 0 Å². The number of carbonyl (C=O) groups is 1. The first-order valence-electron chi connectivity index (χ1n) is 8.97. The van der Waals surface area contributed by atoms with Crippen LogP contribution in [0.25, 0.3) is 0 Å². The van der Waals surface area contributed by atoms with Crippen LogP contribution in [0.3, 0.4) is 0 Å². The highest BCUT2D eigenvalue weighted by Gasteiger charge is 2.70. The molecule has 4 atom stereocenters. The van der Waals surface area contributed by atoms with Crippen LogP contribution < -0.4 is 4.74 Å². The molecule has 0 aromatic heterocycles. The molecule has 4 saturated carbocycles. The summed E-state index contributed by atoms with van der Waals surface area (Å²) in [6.07, 6.45) is 7.22. The minimum absolute atomic E-state index is 0.00436. The lowest BCUT2D eigenvalue weighted by molar-refractivity contribution is -0.143. The smallest absolute Gasteiger partial charge is 0.314 e. The molecule has 22 heavy (non-hydrogen) atoms. The predicted octanol–water partition coefficient (Wildman–Crippen LogP) is 4.93. The molecule has 2 heteroatoms. The highest BCUT2D eigenvalue weighted by molar-refractivity contribution is 5.75. The number of rotatable bonds is 5. The maximum absolute atomic E-state index is 12.4. The van der Waals surface area contributed by atoms with Gasteiger partial charge in [0.1, 0.15) is 5.75 Å². The van der Waals surface area contributed by atoms with Gasteiger partial charge in [-0.05, 0) is 79.4 Å². The number of esters is 1. The SMILES string of the molecule is CCC(CC)c1ccc(OC(=O)C2CC3CC4(C2)CC34)cc1. The molecule has 1 spiro atoms. The Bertz CT molecular complexity index is 572. The van der Waals surface area contributed by atoms with Crippen molar-refractivity contribution >= 4 is 5.97 Å². The van der Waals surface area contributed by atoms with Crippen molar-refractivity contribution in [2.24, 2.45) is 23.2 Å². The Morgan fingerprint density at radius 1 is 1.18 bits per heavy atom. The Morgan fingerprint density at radius 3 is 2.50 bits per heavy atom. The second kappa shape index (κ2) is 5.11. The van der Waals surface area contributed by atoms with Crippen LogP contribution in [0.15, 0.2) is 24.3 Å². The Morgan fingerprint density at radius 2 is 1.91 bits per heavy atom. The summed E-state index contributed by atoms with van der Waals surface area (Å²) in [5, 5.41) is 0. The van der Waals surface area contributed by atoms with Gasteiger partial charge >= 0.3 is 5.97 Å². The van der Waals surface area contributed by atoms with E-state index in [4.69, 9.17) is 4.74 Å². The van der Waals surface area contributed by atoms with Gasteiger partial charge in [-0.1, -0.05) is 26.0 Å². The van der Waals surface area contributed by atoms with Gasteiger partial charge in [0.15, 0.2) is 0 Å². The summed E-state index contributed by atoms with van der Waals surface area (Å²) >= 11 is 0. The zero-order chi connectivity index (χ0) is 15.3. The molecule has 5 rings (SSSR count). The quantitative estimate of drug-likeness (QED) is 0.569. The number of benzene rings is 1. The topological polar surface area (TPSA) is 26.3 Å². The summed E-state index contributed by atoms with van der Waals surface area (Å²) in [5.74, 6) is 3.27. The first-order chi connectivity index (χ1) is 10.6. The Balaban J connectivity index is 1.37. The van der Waals surface area contributed by atoms with Crippen molar-refractivity contribution in [1.82, 2.24) is 0 Å². The summed E-state index contributed by atoms with van der Waals surface area (Å²) in [7, 11) is 0. The average Bonchev–Trinajstić information content (AvgIpc) is 3.15. The van der Waals surface area contributed by atoms with E-state index >= 15 is 0 Å². The number of ether oxygens (including phenoxy) is 1. The largest absolute Gasteiger partial charge is 0.426 e. The Kier molecular flexibility index (Phi) is 3.32. The van der Waals surface area contributed by atoms with Gasteiger partial charge in [0.05, 0.1) is 5.92 Å². The molecule has 0 amide bonds. The van der Waals surface area contributed by atoms with Crippen LogP contribution in [0.5, 0.6) is 5.75 Å². The molecular weight excluding hydrogens is 272 g/mol. The lowest BCUT2D eigenvalue weighted by atomic mass is 9.61. The Labute approximate surface area is 133 Å². The summed E-state index contributed by atoms with van der Waals surface area (Å²) in [4.78, 5) is 12.4. The van der Waals surface area contributed by atoms with Crippen molar-refractivity contribution in [2.75, 3.05) is 0 Å². The lowest BCUT2D eigenvalue weighted by Gasteiger charge is -2.43. The van der Waals surface area contributed by atoms with Crippen molar-refractivity contribution in [3.05, 3.63) is 29.8 Å². The van der Waals surface area contributed by atoms with Gasteiger partial charge in [-0.2, -0.15) is 0 Å². The first kappa shape index (κ1) is 14.3. The number of carbonyl (C=O) groups excluding carboxylic acids is 1. The molecule has 118 valence electrons. The molecule has 1 aromatic rings. The molecule has 0 N–H and O–H groups in total. The van der Waals surface area contributed by atoms with E-state index in [-0.39, 0.29) is 11.9 Å². The highest BCUT2D eigenvalue weighted by atomic mass is 16.5. The summed E-state index contributed by atoms with van der Waals surface area (Å²) in [6, 6.07) is 8.17. The zero-order valence-corrected chi connectivity index (χ0v) is 13.7. The van der Waals surface area contributed by atoms with Gasteiger partial charge in [-0.3, -0.25) is 4.79 Å². The maximum Gasteiger partial charge on any atom is 0.314 e. The minimum atomic E-state index is 0.00436. The van der Waals surface area contributed by atoms with Crippen molar-refractivity contribution in [3.63, 3.8) is 0 Å². The van der Waals surface area contributed by atoms with E-state index < -0.39 is 0 Å². The molecule has 2 bridgehead atoms. The van der Waals surface area contributed by atoms with Crippen molar-refractivity contribution < 1.29 is 9.53 Å². The number of hydrogen-bond donors (Lipinski definition) is 0. The second-order valence-corrected chi connectivity index (χ2v) is 7.78. The van der Waals surface area contributed by atoms with E-state index in [1.54, 1.807) is 0 Å². The van der Waals surface area contributed by atoms with Crippen molar-refractivity contribution in [2.45, 2.75) is 58.3 Å². The summed E-state index contributed by atoms with van der Waals surface area (Å²) in [5.41, 5.74) is 1.93. The highest BCUT2D eigenvalue weighted by Crippen LogP contribution is 2.77. The molecule has 0 saturated heterocycles. The predicted molar refractivity (Wildman–Crippen MR) is 86.8 cm³/mol. The van der Waals surface area contributed by atoms with Gasteiger partial charge in [0.25, 0.3) is 0 Å². The van der Waals surface area contributed by atoms with Gasteiger partial charge < -0.3 is 4.74 Å². The molecule has 2 nitrogen and oxygen atoms in total. The standard InChI is InChI=1S/C20H26O2/c1-3-13(4-2)14-5-7-17(8-6-14)22-19(21)16-9-15-10-20(11-16)12-18(15)20/h5-8,13,15-16,18H,3-4,9-12H2,1-2H3. The van der Waals surface area contributed by atoms with E-state index in [0.29, 0.717) is 17.1 Å². The van der Waals surface area contributed by atoms with Crippen LogP contribution in [-0.4, -0.2) is 5.97 Å². The molecule has 1 aromatic carbocycles. The third-order valence-corrected chi connectivity index (χ3v) is 6.62. The molecule has 4 aliphatic rings. The van der Waals surface area contributed by atoms with E-state index in [2.05, 4.69) is 26.0 Å². The minimum Gasteiger partial charge on any atom is -0.426 e. The fourth-order valence-corrected chi connectivity index (χ4v) is 5.24. The van der Waals surface area contributed by atoms with Crippen LogP contribution in [0, 0.1) is 23.2 Å². The Hall–Kier alpha value is -1.31. The van der Waals surface area contributed by atoms with Crippen LogP contribution in [-0.2, 0) is 4.79 Å². The van der Waals surface area contributed by atoms with Gasteiger partial charge in [-0.15, -0.1) is 0 Å². The molecule has 4 fully saturated rings. The third kappa shape index (κ3) is 2.19. The average molecular weight is 298 g/mol. The molecule has 4 unspecified atom stereocenters. The number of fused-ring (bicyclic) bond motifs is 2. The summed E-state index contributed by atoms with van der Waals surface area (Å²) in [6.45, 7) is 4.45. The summed E-state index contributed by atoms with van der Waals surface area (Å²) < 4.78 is 5.65. The molecular formula is C20H26O2. The van der Waals surface area contributed by atoms with Gasteiger partial charge in [0, 0.05) is 0 Å². The van der Waals surface area contributed by atoms with Crippen molar-refractivity contribution in [3.8, 4) is 5.75 Å². The number of hydrogen-bond acceptors (Lipinski definition) is 2. The first-order valence-corrected chi connectivity index (χ1v) is 8.97. The zero-order valence-electron chi connectivity index (χ0n) is 13.7. The fraction of sp³-hybridized carbons (Fsp3) is 0.650. The third-order valence-electron chi connectivity index (χ3n) is 6.62. The van der Waals surface area contributed by atoms with Gasteiger partial charge in [0.2, 0.25) is 0 Å². The van der Waals surface area contributed by atoms with Crippen LogP contribution in [0.2, 0.25) is 0 Å². The van der Waals surface area contributed by atoms with Crippen LogP contribution in [0.1, 0.15) is 63.9 Å².